The second-order valence-corrected chi connectivity index (χ2v) is 5.93. The van der Waals surface area contributed by atoms with Gasteiger partial charge in [0.25, 0.3) is 5.91 Å². The van der Waals surface area contributed by atoms with Gasteiger partial charge in [-0.3, -0.25) is 4.79 Å². The van der Waals surface area contributed by atoms with Gasteiger partial charge in [0.1, 0.15) is 0 Å². The summed E-state index contributed by atoms with van der Waals surface area (Å²) in [6, 6.07) is 1.82. The van der Waals surface area contributed by atoms with Gasteiger partial charge in [-0.25, -0.2) is 0 Å². The predicted octanol–water partition coefficient (Wildman–Crippen LogP) is 1.39. The Morgan fingerprint density at radius 2 is 2.35 bits per heavy atom. The zero-order valence-electron chi connectivity index (χ0n) is 11.6. The van der Waals surface area contributed by atoms with Gasteiger partial charge in [-0.2, -0.15) is 0 Å². The first-order chi connectivity index (χ1) is 9.67. The molecule has 1 aromatic rings. The zero-order chi connectivity index (χ0) is 14.5. The van der Waals surface area contributed by atoms with Crippen molar-refractivity contribution in [3.05, 3.63) is 21.4 Å². The summed E-state index contributed by atoms with van der Waals surface area (Å²) in [5.74, 6) is 5.86. The number of nitrogens with zero attached hydrogens (tertiary/aromatic N) is 1. The van der Waals surface area contributed by atoms with Gasteiger partial charge < -0.3 is 15.1 Å². The Bertz CT molecular complexity index is 541. The molecule has 0 saturated carbocycles. The molecule has 1 aromatic heterocycles. The van der Waals surface area contributed by atoms with Gasteiger partial charge in [-0.1, -0.05) is 11.8 Å². The number of carbonyl (C=O) groups excluding carboxylic acids is 1. The van der Waals surface area contributed by atoms with Crippen LogP contribution < -0.4 is 0 Å². The number of rotatable bonds is 3. The largest absolute Gasteiger partial charge is 0.395 e. The Morgan fingerprint density at radius 1 is 1.55 bits per heavy atom. The Balaban J connectivity index is 2.15. The molecule has 108 valence electrons. The minimum atomic E-state index is -0.0474. The van der Waals surface area contributed by atoms with Gasteiger partial charge >= 0.3 is 0 Å². The Morgan fingerprint density at radius 3 is 3.05 bits per heavy atom. The average molecular weight is 293 g/mol. The molecule has 2 heterocycles. The molecular weight excluding hydrogens is 274 g/mol. The monoisotopic (exact) mass is 293 g/mol. The van der Waals surface area contributed by atoms with E-state index in [2.05, 4.69) is 11.8 Å². The maximum Gasteiger partial charge on any atom is 0.264 e. The third-order valence-corrected chi connectivity index (χ3v) is 4.56. The van der Waals surface area contributed by atoms with Crippen molar-refractivity contribution in [3.8, 4) is 11.8 Å². The minimum Gasteiger partial charge on any atom is -0.395 e. The predicted molar refractivity (Wildman–Crippen MR) is 78.8 cm³/mol. The van der Waals surface area contributed by atoms with Crippen LogP contribution in [0, 0.1) is 18.8 Å². The van der Waals surface area contributed by atoms with Crippen LogP contribution in [-0.2, 0) is 0 Å². The van der Waals surface area contributed by atoms with E-state index in [9.17, 15) is 9.90 Å². The number of aryl methyl sites for hydroxylation is 1. The molecule has 0 bridgehead atoms. The second kappa shape index (κ2) is 6.89. The summed E-state index contributed by atoms with van der Waals surface area (Å²) < 4.78 is 0. The van der Waals surface area contributed by atoms with E-state index in [1.165, 1.54) is 11.3 Å². The number of aliphatic hydroxyl groups excluding tert-OH is 2. The van der Waals surface area contributed by atoms with Crippen molar-refractivity contribution < 1.29 is 15.0 Å². The van der Waals surface area contributed by atoms with Crippen molar-refractivity contribution >= 4 is 17.2 Å². The fraction of sp³-hybridized carbons (Fsp3) is 0.533. The summed E-state index contributed by atoms with van der Waals surface area (Å²) >= 11 is 1.39. The van der Waals surface area contributed by atoms with E-state index in [4.69, 9.17) is 5.11 Å². The van der Waals surface area contributed by atoms with Crippen LogP contribution in [0.15, 0.2) is 6.07 Å². The first-order valence-electron chi connectivity index (χ1n) is 6.79. The molecule has 0 aliphatic carbocycles. The average Bonchev–Trinajstić information content (AvgIpc) is 3.05. The van der Waals surface area contributed by atoms with Crippen molar-refractivity contribution in [2.24, 2.45) is 0 Å². The third-order valence-electron chi connectivity index (χ3n) is 3.42. The van der Waals surface area contributed by atoms with Crippen LogP contribution in [0.25, 0.3) is 0 Å². The van der Waals surface area contributed by atoms with Crippen molar-refractivity contribution in [1.29, 1.82) is 0 Å². The maximum absolute atomic E-state index is 12.4. The number of amides is 1. The Labute approximate surface area is 123 Å². The molecule has 1 unspecified atom stereocenters. The summed E-state index contributed by atoms with van der Waals surface area (Å²) in [6.07, 6.45) is 2.26. The molecule has 2 rings (SSSR count). The Kier molecular flexibility index (Phi) is 5.18. The van der Waals surface area contributed by atoms with E-state index in [1.54, 1.807) is 4.90 Å². The molecule has 1 aliphatic rings. The van der Waals surface area contributed by atoms with Crippen LogP contribution >= 0.6 is 11.3 Å². The third kappa shape index (κ3) is 3.21. The maximum atomic E-state index is 12.4. The molecule has 1 fully saturated rings. The van der Waals surface area contributed by atoms with Crippen LogP contribution in [0.1, 0.15) is 39.4 Å². The minimum absolute atomic E-state index is 0.00939. The van der Waals surface area contributed by atoms with E-state index in [-0.39, 0.29) is 25.2 Å². The standard InChI is InChI=1S/C15H19NO3S/c1-11-9-14(20-13(11)6-2-3-8-17)15(19)16-7-4-5-12(16)10-18/h9,12,17-18H,3-5,7-8,10H2,1H3. The van der Waals surface area contributed by atoms with E-state index in [1.807, 2.05) is 13.0 Å². The second-order valence-electron chi connectivity index (χ2n) is 4.88. The summed E-state index contributed by atoms with van der Waals surface area (Å²) in [4.78, 5) is 15.8. The van der Waals surface area contributed by atoms with E-state index in [0.29, 0.717) is 17.8 Å². The lowest BCUT2D eigenvalue weighted by Gasteiger charge is -2.22. The van der Waals surface area contributed by atoms with Crippen LogP contribution in [0.3, 0.4) is 0 Å². The van der Waals surface area contributed by atoms with Crippen molar-refractivity contribution in [1.82, 2.24) is 4.90 Å². The van der Waals surface area contributed by atoms with E-state index >= 15 is 0 Å². The number of aliphatic hydroxyl groups is 2. The fourth-order valence-electron chi connectivity index (χ4n) is 2.34. The molecule has 0 spiro atoms. The summed E-state index contributed by atoms with van der Waals surface area (Å²) in [6.45, 7) is 2.73. The molecule has 2 N–H and O–H groups in total. The molecule has 5 heteroatoms. The summed E-state index contributed by atoms with van der Waals surface area (Å²) in [5, 5.41) is 18.0. The molecule has 1 amide bonds. The number of carbonyl (C=O) groups is 1. The van der Waals surface area contributed by atoms with Crippen LogP contribution in [-0.4, -0.2) is 46.8 Å². The lowest BCUT2D eigenvalue weighted by atomic mass is 10.2. The van der Waals surface area contributed by atoms with E-state index < -0.39 is 0 Å². The first kappa shape index (κ1) is 15.0. The smallest absolute Gasteiger partial charge is 0.264 e. The summed E-state index contributed by atoms with van der Waals surface area (Å²) in [7, 11) is 0. The Hall–Kier alpha value is -1.35. The lowest BCUT2D eigenvalue weighted by Crippen LogP contribution is -2.37. The van der Waals surface area contributed by atoms with Crippen LogP contribution in [0.4, 0.5) is 0 Å². The van der Waals surface area contributed by atoms with Crippen molar-refractivity contribution in [2.75, 3.05) is 19.8 Å². The van der Waals surface area contributed by atoms with E-state index in [0.717, 1.165) is 23.3 Å². The molecule has 1 saturated heterocycles. The molecule has 4 nitrogen and oxygen atoms in total. The number of thiophene rings is 1. The van der Waals surface area contributed by atoms with Crippen LogP contribution in [0.5, 0.6) is 0 Å². The molecule has 0 aromatic carbocycles. The number of hydrogen-bond acceptors (Lipinski definition) is 4. The first-order valence-corrected chi connectivity index (χ1v) is 7.61. The molecular formula is C15H19NO3S. The highest BCUT2D eigenvalue weighted by molar-refractivity contribution is 7.14. The fourth-order valence-corrected chi connectivity index (χ4v) is 3.35. The van der Waals surface area contributed by atoms with Gasteiger partial charge in [0, 0.05) is 13.0 Å². The normalized spacial score (nSPS) is 17.9. The van der Waals surface area contributed by atoms with Gasteiger partial charge in [0.05, 0.1) is 29.0 Å². The highest BCUT2D eigenvalue weighted by Gasteiger charge is 2.29. The van der Waals surface area contributed by atoms with Gasteiger partial charge in [0.15, 0.2) is 0 Å². The zero-order valence-corrected chi connectivity index (χ0v) is 12.4. The van der Waals surface area contributed by atoms with Gasteiger partial charge in [0.2, 0.25) is 0 Å². The highest BCUT2D eigenvalue weighted by Crippen LogP contribution is 2.26. The topological polar surface area (TPSA) is 60.8 Å². The molecule has 1 aliphatic heterocycles. The van der Waals surface area contributed by atoms with Crippen molar-refractivity contribution in [2.45, 2.75) is 32.2 Å². The molecule has 0 radical (unpaired) electrons. The van der Waals surface area contributed by atoms with Crippen molar-refractivity contribution in [3.63, 3.8) is 0 Å². The highest BCUT2D eigenvalue weighted by atomic mass is 32.1. The molecule has 1 atom stereocenters. The van der Waals surface area contributed by atoms with Crippen LogP contribution in [0.2, 0.25) is 0 Å². The quantitative estimate of drug-likeness (QED) is 0.828. The lowest BCUT2D eigenvalue weighted by molar-refractivity contribution is 0.0682. The van der Waals surface area contributed by atoms with Gasteiger partial charge in [-0.15, -0.1) is 11.3 Å². The molecule has 20 heavy (non-hydrogen) atoms. The number of hydrogen-bond donors (Lipinski definition) is 2. The number of likely N-dealkylation sites (tertiary alicyclic amines) is 1. The SMILES string of the molecule is Cc1cc(C(=O)N2CCCC2CO)sc1C#CCCO. The van der Waals surface area contributed by atoms with Gasteiger partial charge in [-0.05, 0) is 31.4 Å². The summed E-state index contributed by atoms with van der Waals surface area (Å²) in [5.41, 5.74) is 0.989.